The van der Waals surface area contributed by atoms with Gasteiger partial charge in [-0.3, -0.25) is 9.69 Å². The molecule has 1 aliphatic heterocycles. The van der Waals surface area contributed by atoms with E-state index >= 15 is 0 Å². The first-order chi connectivity index (χ1) is 9.74. The molecule has 20 heavy (non-hydrogen) atoms. The van der Waals surface area contributed by atoms with Gasteiger partial charge >= 0.3 is 5.97 Å². The van der Waals surface area contributed by atoms with Crippen LogP contribution < -0.4 is 4.74 Å². The predicted molar refractivity (Wildman–Crippen MR) is 77.9 cm³/mol. The van der Waals surface area contributed by atoms with Crippen LogP contribution in [-0.4, -0.2) is 43.7 Å². The van der Waals surface area contributed by atoms with Crippen LogP contribution in [0.3, 0.4) is 0 Å². The SMILES string of the molecule is C=CCN(CC(=O)OCC)CC1COc2ccccc21. The van der Waals surface area contributed by atoms with E-state index in [0.29, 0.717) is 32.2 Å². The van der Waals surface area contributed by atoms with Crippen molar-refractivity contribution in [2.24, 2.45) is 0 Å². The van der Waals surface area contributed by atoms with Crippen LogP contribution in [0, 0.1) is 0 Å². The number of ether oxygens (including phenoxy) is 2. The van der Waals surface area contributed by atoms with Gasteiger partial charge in [-0.1, -0.05) is 24.3 Å². The summed E-state index contributed by atoms with van der Waals surface area (Å²) in [5.41, 5.74) is 1.21. The number of carbonyl (C=O) groups is 1. The van der Waals surface area contributed by atoms with Crippen LogP contribution in [0.1, 0.15) is 18.4 Å². The molecule has 1 aliphatic rings. The summed E-state index contributed by atoms with van der Waals surface area (Å²) in [4.78, 5) is 13.7. The molecule has 0 amide bonds. The monoisotopic (exact) mass is 275 g/mol. The van der Waals surface area contributed by atoms with Crippen molar-refractivity contribution in [3.63, 3.8) is 0 Å². The summed E-state index contributed by atoms with van der Waals surface area (Å²) in [6.07, 6.45) is 1.81. The van der Waals surface area contributed by atoms with Gasteiger partial charge in [0, 0.05) is 24.6 Å². The maximum atomic E-state index is 11.6. The van der Waals surface area contributed by atoms with Crippen molar-refractivity contribution in [3.8, 4) is 5.75 Å². The molecule has 0 spiro atoms. The summed E-state index contributed by atoms with van der Waals surface area (Å²) < 4.78 is 10.7. The Hall–Kier alpha value is -1.81. The number of para-hydroxylation sites is 1. The van der Waals surface area contributed by atoms with E-state index < -0.39 is 0 Å². The number of carbonyl (C=O) groups excluding carboxylic acids is 1. The summed E-state index contributed by atoms with van der Waals surface area (Å²) in [6.45, 7) is 8.36. The van der Waals surface area contributed by atoms with Gasteiger partial charge in [0.1, 0.15) is 5.75 Å². The second-order valence-electron chi connectivity index (χ2n) is 4.83. The normalized spacial score (nSPS) is 16.6. The fraction of sp³-hybridized carbons (Fsp3) is 0.438. The maximum Gasteiger partial charge on any atom is 0.320 e. The molecule has 0 fully saturated rings. The number of hydrogen-bond acceptors (Lipinski definition) is 4. The van der Waals surface area contributed by atoms with Gasteiger partial charge in [-0.05, 0) is 13.0 Å². The molecular formula is C16H21NO3. The Kier molecular flexibility index (Phi) is 5.18. The highest BCUT2D eigenvalue weighted by Crippen LogP contribution is 2.33. The molecule has 0 aromatic heterocycles. The third-order valence-corrected chi connectivity index (χ3v) is 3.32. The molecule has 4 nitrogen and oxygen atoms in total. The summed E-state index contributed by atoms with van der Waals surface area (Å²) in [7, 11) is 0. The van der Waals surface area contributed by atoms with Gasteiger partial charge in [-0.25, -0.2) is 0 Å². The highest BCUT2D eigenvalue weighted by molar-refractivity contribution is 5.71. The molecule has 1 aromatic rings. The number of nitrogens with zero attached hydrogens (tertiary/aromatic N) is 1. The van der Waals surface area contributed by atoms with Crippen LogP contribution in [0.2, 0.25) is 0 Å². The van der Waals surface area contributed by atoms with Crippen LogP contribution in [0.5, 0.6) is 5.75 Å². The van der Waals surface area contributed by atoms with Gasteiger partial charge in [0.05, 0.1) is 19.8 Å². The minimum atomic E-state index is -0.193. The van der Waals surface area contributed by atoms with E-state index in [0.717, 1.165) is 12.3 Å². The van der Waals surface area contributed by atoms with Crippen molar-refractivity contribution in [2.45, 2.75) is 12.8 Å². The highest BCUT2D eigenvalue weighted by atomic mass is 16.5. The Bertz CT molecular complexity index is 473. The molecule has 1 unspecified atom stereocenters. The van der Waals surface area contributed by atoms with Gasteiger partial charge in [0.25, 0.3) is 0 Å². The zero-order valence-electron chi connectivity index (χ0n) is 11.9. The van der Waals surface area contributed by atoms with Gasteiger partial charge in [-0.15, -0.1) is 6.58 Å². The summed E-state index contributed by atoms with van der Waals surface area (Å²) in [5, 5.41) is 0. The average molecular weight is 275 g/mol. The van der Waals surface area contributed by atoms with Crippen molar-refractivity contribution < 1.29 is 14.3 Å². The molecule has 108 valence electrons. The smallest absolute Gasteiger partial charge is 0.320 e. The fourth-order valence-corrected chi connectivity index (χ4v) is 2.47. The molecule has 1 atom stereocenters. The maximum absolute atomic E-state index is 11.6. The third kappa shape index (κ3) is 3.61. The first-order valence-electron chi connectivity index (χ1n) is 6.95. The quantitative estimate of drug-likeness (QED) is 0.565. The van der Waals surface area contributed by atoms with Crippen molar-refractivity contribution in [1.82, 2.24) is 4.90 Å². The van der Waals surface area contributed by atoms with Crippen molar-refractivity contribution in [1.29, 1.82) is 0 Å². The minimum Gasteiger partial charge on any atom is -0.493 e. The van der Waals surface area contributed by atoms with Crippen LogP contribution >= 0.6 is 0 Å². The second kappa shape index (κ2) is 7.10. The highest BCUT2D eigenvalue weighted by Gasteiger charge is 2.26. The van der Waals surface area contributed by atoms with E-state index in [4.69, 9.17) is 9.47 Å². The topological polar surface area (TPSA) is 38.8 Å². The first kappa shape index (κ1) is 14.6. The molecule has 4 heteroatoms. The first-order valence-corrected chi connectivity index (χ1v) is 6.95. The second-order valence-corrected chi connectivity index (χ2v) is 4.83. The molecule has 0 bridgehead atoms. The molecule has 0 aliphatic carbocycles. The van der Waals surface area contributed by atoms with E-state index in [1.807, 2.05) is 30.0 Å². The largest absolute Gasteiger partial charge is 0.493 e. The van der Waals surface area contributed by atoms with E-state index in [9.17, 15) is 4.79 Å². The molecule has 0 saturated carbocycles. The zero-order valence-corrected chi connectivity index (χ0v) is 11.9. The van der Waals surface area contributed by atoms with E-state index in [1.165, 1.54) is 5.56 Å². The lowest BCUT2D eigenvalue weighted by Crippen LogP contribution is -2.35. The lowest BCUT2D eigenvalue weighted by molar-refractivity contribution is -0.144. The van der Waals surface area contributed by atoms with Crippen LogP contribution in [0.15, 0.2) is 36.9 Å². The van der Waals surface area contributed by atoms with Gasteiger partial charge in [-0.2, -0.15) is 0 Å². The van der Waals surface area contributed by atoms with Crippen molar-refractivity contribution in [3.05, 3.63) is 42.5 Å². The van der Waals surface area contributed by atoms with Gasteiger partial charge in [0.15, 0.2) is 0 Å². The number of fused-ring (bicyclic) bond motifs is 1. The average Bonchev–Trinajstić information content (AvgIpc) is 2.83. The van der Waals surface area contributed by atoms with Gasteiger partial charge in [0.2, 0.25) is 0 Å². The summed E-state index contributed by atoms with van der Waals surface area (Å²) in [6, 6.07) is 8.06. The molecule has 0 radical (unpaired) electrons. The van der Waals surface area contributed by atoms with E-state index in [-0.39, 0.29) is 5.97 Å². The van der Waals surface area contributed by atoms with Gasteiger partial charge < -0.3 is 9.47 Å². The van der Waals surface area contributed by atoms with Crippen LogP contribution in [0.25, 0.3) is 0 Å². The van der Waals surface area contributed by atoms with Crippen LogP contribution in [0.4, 0.5) is 0 Å². The van der Waals surface area contributed by atoms with Crippen molar-refractivity contribution in [2.75, 3.05) is 32.8 Å². The number of benzene rings is 1. The molecule has 2 rings (SSSR count). The lowest BCUT2D eigenvalue weighted by Gasteiger charge is -2.22. The molecular weight excluding hydrogens is 254 g/mol. The van der Waals surface area contributed by atoms with E-state index in [2.05, 4.69) is 12.6 Å². The molecule has 0 N–H and O–H groups in total. The van der Waals surface area contributed by atoms with E-state index in [1.54, 1.807) is 6.08 Å². The fourth-order valence-electron chi connectivity index (χ4n) is 2.47. The minimum absolute atomic E-state index is 0.193. The number of hydrogen-bond donors (Lipinski definition) is 0. The zero-order chi connectivity index (χ0) is 14.4. The Morgan fingerprint density at radius 1 is 1.55 bits per heavy atom. The Morgan fingerprint density at radius 2 is 2.35 bits per heavy atom. The number of rotatable bonds is 7. The number of esters is 1. The third-order valence-electron chi connectivity index (χ3n) is 3.32. The predicted octanol–water partition coefficient (Wildman–Crippen LogP) is 2.21. The lowest BCUT2D eigenvalue weighted by atomic mass is 10.0. The van der Waals surface area contributed by atoms with Crippen LogP contribution in [-0.2, 0) is 9.53 Å². The molecule has 0 saturated heterocycles. The summed E-state index contributed by atoms with van der Waals surface area (Å²) in [5.74, 6) is 1.05. The summed E-state index contributed by atoms with van der Waals surface area (Å²) >= 11 is 0. The standard InChI is InChI=1S/C16H21NO3/c1-3-9-17(11-16(18)19-4-2)10-13-12-20-15-8-6-5-7-14(13)15/h3,5-8,13H,1,4,9-12H2,2H3. The Labute approximate surface area is 120 Å². The molecule has 1 aromatic carbocycles. The Morgan fingerprint density at radius 3 is 3.10 bits per heavy atom. The molecule has 1 heterocycles. The van der Waals surface area contributed by atoms with Crippen molar-refractivity contribution >= 4 is 5.97 Å². The Balaban J connectivity index is 1.98.